The van der Waals surface area contributed by atoms with Crippen LogP contribution in [0.4, 0.5) is 5.13 Å². The van der Waals surface area contributed by atoms with Gasteiger partial charge in [0.05, 0.1) is 5.69 Å². The van der Waals surface area contributed by atoms with Crippen LogP contribution in [0, 0.1) is 0 Å². The summed E-state index contributed by atoms with van der Waals surface area (Å²) < 4.78 is 0. The minimum Gasteiger partial charge on any atom is -0.345 e. The van der Waals surface area contributed by atoms with Crippen molar-refractivity contribution in [3.8, 4) is 0 Å². The van der Waals surface area contributed by atoms with Gasteiger partial charge in [-0.1, -0.05) is 18.3 Å². The average Bonchev–Trinajstić information content (AvgIpc) is 2.89. The highest BCUT2D eigenvalue weighted by molar-refractivity contribution is 7.15. The second-order valence-corrected chi connectivity index (χ2v) is 7.59. The summed E-state index contributed by atoms with van der Waals surface area (Å²) in [7, 11) is 2.24. The molecule has 4 nitrogen and oxygen atoms in total. The molecule has 1 N–H and O–H groups in total. The first-order valence-corrected chi connectivity index (χ1v) is 9.11. The fourth-order valence-corrected chi connectivity index (χ4v) is 4.78. The van der Waals surface area contributed by atoms with Gasteiger partial charge in [-0.3, -0.25) is 4.90 Å². The standard InChI is InChI=1S/C16H28N4S/c1-5-17-13-7-6-8-14-15(13)21-16(18-14)20-9-11(2)19(4)12(3)10-20/h11-13,17H,5-10H2,1-4H3. The van der Waals surface area contributed by atoms with Crippen LogP contribution in [0.1, 0.15) is 50.2 Å². The molecule has 1 fully saturated rings. The lowest BCUT2D eigenvalue weighted by atomic mass is 9.98. The van der Waals surface area contributed by atoms with Crippen LogP contribution in [0.15, 0.2) is 0 Å². The van der Waals surface area contributed by atoms with E-state index in [9.17, 15) is 0 Å². The van der Waals surface area contributed by atoms with Crippen molar-refractivity contribution in [3.05, 3.63) is 10.6 Å². The number of piperazine rings is 1. The number of likely N-dealkylation sites (N-methyl/N-ethyl adjacent to an activating group) is 1. The number of thiazole rings is 1. The molecular formula is C16H28N4S. The van der Waals surface area contributed by atoms with Gasteiger partial charge >= 0.3 is 0 Å². The maximum atomic E-state index is 4.99. The van der Waals surface area contributed by atoms with Crippen LogP contribution in [0.2, 0.25) is 0 Å². The highest BCUT2D eigenvalue weighted by atomic mass is 32.1. The number of aromatic nitrogens is 1. The molecule has 0 spiro atoms. The van der Waals surface area contributed by atoms with Crippen LogP contribution in [-0.2, 0) is 6.42 Å². The van der Waals surface area contributed by atoms with Crippen molar-refractivity contribution in [2.45, 2.75) is 58.2 Å². The van der Waals surface area contributed by atoms with E-state index in [4.69, 9.17) is 4.98 Å². The lowest BCUT2D eigenvalue weighted by molar-refractivity contribution is 0.170. The third-order valence-electron chi connectivity index (χ3n) is 5.02. The van der Waals surface area contributed by atoms with Gasteiger partial charge in [0.15, 0.2) is 5.13 Å². The maximum absolute atomic E-state index is 4.99. The smallest absolute Gasteiger partial charge is 0.185 e. The van der Waals surface area contributed by atoms with Gasteiger partial charge < -0.3 is 10.2 Å². The molecule has 1 aromatic rings. The molecule has 2 aliphatic rings. The molecule has 0 aromatic carbocycles. The Labute approximate surface area is 132 Å². The van der Waals surface area contributed by atoms with Crippen LogP contribution in [0.25, 0.3) is 0 Å². The first-order chi connectivity index (χ1) is 10.1. The number of nitrogens with zero attached hydrogens (tertiary/aromatic N) is 3. The zero-order valence-corrected chi connectivity index (χ0v) is 14.5. The van der Waals surface area contributed by atoms with E-state index < -0.39 is 0 Å². The highest BCUT2D eigenvalue weighted by Crippen LogP contribution is 2.38. The number of anilines is 1. The third kappa shape index (κ3) is 2.96. The topological polar surface area (TPSA) is 31.4 Å². The Morgan fingerprint density at radius 2 is 2.00 bits per heavy atom. The van der Waals surface area contributed by atoms with Crippen molar-refractivity contribution in [1.82, 2.24) is 15.2 Å². The predicted molar refractivity (Wildman–Crippen MR) is 90.4 cm³/mol. The lowest BCUT2D eigenvalue weighted by Gasteiger charge is -2.42. The van der Waals surface area contributed by atoms with E-state index in [1.807, 2.05) is 11.3 Å². The van der Waals surface area contributed by atoms with Gasteiger partial charge in [0, 0.05) is 36.1 Å². The van der Waals surface area contributed by atoms with Crippen LogP contribution >= 0.6 is 11.3 Å². The Balaban J connectivity index is 1.81. The maximum Gasteiger partial charge on any atom is 0.185 e. The Morgan fingerprint density at radius 1 is 1.29 bits per heavy atom. The molecule has 21 heavy (non-hydrogen) atoms. The summed E-state index contributed by atoms with van der Waals surface area (Å²) in [5.41, 5.74) is 1.35. The Kier molecular flexibility index (Phi) is 4.52. The molecule has 0 radical (unpaired) electrons. The molecule has 3 unspecified atom stereocenters. The van der Waals surface area contributed by atoms with Crippen LogP contribution in [0.3, 0.4) is 0 Å². The summed E-state index contributed by atoms with van der Waals surface area (Å²) >= 11 is 1.93. The van der Waals surface area contributed by atoms with E-state index in [-0.39, 0.29) is 0 Å². The van der Waals surface area contributed by atoms with Crippen molar-refractivity contribution in [3.63, 3.8) is 0 Å². The summed E-state index contributed by atoms with van der Waals surface area (Å²) in [6.45, 7) is 10.1. The molecule has 1 aliphatic carbocycles. The van der Waals surface area contributed by atoms with E-state index in [0.29, 0.717) is 18.1 Å². The molecule has 1 saturated heterocycles. The molecule has 1 aromatic heterocycles. The van der Waals surface area contributed by atoms with Gasteiger partial charge in [0.1, 0.15) is 0 Å². The van der Waals surface area contributed by atoms with Gasteiger partial charge in [-0.15, -0.1) is 0 Å². The molecule has 5 heteroatoms. The fraction of sp³-hybridized carbons (Fsp3) is 0.812. The fourth-order valence-electron chi connectivity index (χ4n) is 3.54. The predicted octanol–water partition coefficient (Wildman–Crippen LogP) is 2.66. The van der Waals surface area contributed by atoms with Crippen molar-refractivity contribution < 1.29 is 0 Å². The molecule has 1 aliphatic heterocycles. The Morgan fingerprint density at radius 3 is 2.67 bits per heavy atom. The summed E-state index contributed by atoms with van der Waals surface area (Å²) in [6, 6.07) is 1.73. The largest absolute Gasteiger partial charge is 0.345 e. The summed E-state index contributed by atoms with van der Waals surface area (Å²) in [5, 5.41) is 4.87. The van der Waals surface area contributed by atoms with E-state index >= 15 is 0 Å². The number of fused-ring (bicyclic) bond motifs is 1. The third-order valence-corrected chi connectivity index (χ3v) is 6.29. The monoisotopic (exact) mass is 308 g/mol. The minimum absolute atomic E-state index is 0.535. The van der Waals surface area contributed by atoms with Gasteiger partial charge in [0.25, 0.3) is 0 Å². The molecule has 3 atom stereocenters. The van der Waals surface area contributed by atoms with Gasteiger partial charge in [-0.2, -0.15) is 0 Å². The molecule has 0 saturated carbocycles. The van der Waals surface area contributed by atoms with Crippen molar-refractivity contribution >= 4 is 16.5 Å². The Hall–Kier alpha value is -0.650. The van der Waals surface area contributed by atoms with Crippen molar-refractivity contribution in [1.29, 1.82) is 0 Å². The quantitative estimate of drug-likeness (QED) is 0.930. The van der Waals surface area contributed by atoms with Crippen LogP contribution in [-0.4, -0.2) is 48.6 Å². The first-order valence-electron chi connectivity index (χ1n) is 8.30. The summed E-state index contributed by atoms with van der Waals surface area (Å²) in [5.74, 6) is 0. The second-order valence-electron chi connectivity index (χ2n) is 6.58. The average molecular weight is 308 g/mol. The zero-order valence-electron chi connectivity index (χ0n) is 13.7. The molecular weight excluding hydrogens is 280 g/mol. The van der Waals surface area contributed by atoms with Gasteiger partial charge in [-0.25, -0.2) is 4.98 Å². The molecule has 0 amide bonds. The van der Waals surface area contributed by atoms with E-state index in [1.165, 1.54) is 28.5 Å². The van der Waals surface area contributed by atoms with Crippen LogP contribution < -0.4 is 10.2 Å². The molecule has 0 bridgehead atoms. The van der Waals surface area contributed by atoms with Gasteiger partial charge in [-0.05, 0) is 46.7 Å². The first kappa shape index (κ1) is 15.3. The second kappa shape index (κ2) is 6.23. The van der Waals surface area contributed by atoms with E-state index in [1.54, 1.807) is 0 Å². The summed E-state index contributed by atoms with van der Waals surface area (Å²) in [4.78, 5) is 11.5. The normalized spacial score (nSPS) is 30.5. The van der Waals surface area contributed by atoms with E-state index in [0.717, 1.165) is 26.1 Å². The lowest BCUT2D eigenvalue weighted by Crippen LogP contribution is -2.55. The molecule has 3 rings (SSSR count). The van der Waals surface area contributed by atoms with E-state index in [2.05, 4.69) is 42.9 Å². The number of nitrogens with one attached hydrogen (secondary N) is 1. The van der Waals surface area contributed by atoms with Crippen molar-refractivity contribution in [2.75, 3.05) is 31.6 Å². The van der Waals surface area contributed by atoms with Crippen LogP contribution in [0.5, 0.6) is 0 Å². The summed E-state index contributed by atoms with van der Waals surface area (Å²) in [6.07, 6.45) is 3.69. The number of hydrogen-bond donors (Lipinski definition) is 1. The molecule has 118 valence electrons. The number of hydrogen-bond acceptors (Lipinski definition) is 5. The zero-order chi connectivity index (χ0) is 15.0. The Bertz CT molecular complexity index is 475. The minimum atomic E-state index is 0.535. The highest BCUT2D eigenvalue weighted by Gasteiger charge is 2.30. The SMILES string of the molecule is CCNC1CCCc2nc(N3CC(C)N(C)C(C)C3)sc21. The number of aryl methyl sites for hydroxylation is 1. The van der Waals surface area contributed by atoms with Gasteiger partial charge in [0.2, 0.25) is 0 Å². The van der Waals surface area contributed by atoms with Crippen molar-refractivity contribution in [2.24, 2.45) is 0 Å². The molecule has 2 heterocycles. The number of rotatable bonds is 3.